The number of amides is 2. The SMILES string of the molecule is Cc1nc(-c2cccc(NC(=O)COC(=O)[C@H](NC(=O)C34CC5CC(CC(C5)C3)C4)C(C)C)c2)cs1. The molecule has 4 aliphatic rings. The second-order valence-corrected chi connectivity index (χ2v) is 12.4. The van der Waals surface area contributed by atoms with E-state index in [4.69, 9.17) is 4.74 Å². The van der Waals surface area contributed by atoms with Gasteiger partial charge in [0.15, 0.2) is 6.61 Å². The number of benzene rings is 1. The predicted molar refractivity (Wildman–Crippen MR) is 139 cm³/mol. The summed E-state index contributed by atoms with van der Waals surface area (Å²) in [5, 5.41) is 8.75. The zero-order valence-electron chi connectivity index (χ0n) is 21.2. The van der Waals surface area contributed by atoms with Crippen LogP contribution in [0.15, 0.2) is 29.6 Å². The Labute approximate surface area is 216 Å². The fourth-order valence-electron chi connectivity index (χ4n) is 6.86. The molecular weight excluding hydrogens is 474 g/mol. The number of carbonyl (C=O) groups excluding carboxylic acids is 3. The third-order valence-electron chi connectivity index (χ3n) is 8.13. The minimum atomic E-state index is -0.769. The van der Waals surface area contributed by atoms with Gasteiger partial charge in [-0.1, -0.05) is 26.0 Å². The number of nitrogens with zero attached hydrogens (tertiary/aromatic N) is 1. The Morgan fingerprint density at radius 3 is 2.36 bits per heavy atom. The van der Waals surface area contributed by atoms with E-state index >= 15 is 0 Å². The molecule has 6 rings (SSSR count). The molecule has 1 heterocycles. The summed E-state index contributed by atoms with van der Waals surface area (Å²) in [6.45, 7) is 5.31. The minimum absolute atomic E-state index is 0.00390. The summed E-state index contributed by atoms with van der Waals surface area (Å²) in [4.78, 5) is 43.4. The van der Waals surface area contributed by atoms with Crippen molar-refractivity contribution >= 4 is 34.8 Å². The molecule has 0 spiro atoms. The number of rotatable bonds is 8. The van der Waals surface area contributed by atoms with Crippen LogP contribution in [0.2, 0.25) is 0 Å². The summed E-state index contributed by atoms with van der Waals surface area (Å²) in [5.74, 6) is 0.803. The van der Waals surface area contributed by atoms with E-state index in [2.05, 4.69) is 15.6 Å². The Morgan fingerprint density at radius 2 is 1.78 bits per heavy atom. The molecular formula is C28H35N3O4S. The van der Waals surface area contributed by atoms with Crippen LogP contribution >= 0.6 is 11.3 Å². The summed E-state index contributed by atoms with van der Waals surface area (Å²) < 4.78 is 5.36. The largest absolute Gasteiger partial charge is 0.454 e. The molecule has 2 amide bonds. The van der Waals surface area contributed by atoms with E-state index < -0.39 is 24.5 Å². The lowest BCUT2D eigenvalue weighted by Crippen LogP contribution is -2.57. The fraction of sp³-hybridized carbons (Fsp3) is 0.571. The van der Waals surface area contributed by atoms with E-state index in [1.807, 2.05) is 44.4 Å². The lowest BCUT2D eigenvalue weighted by atomic mass is 9.49. The fourth-order valence-corrected chi connectivity index (χ4v) is 7.48. The van der Waals surface area contributed by atoms with Crippen LogP contribution in [-0.4, -0.2) is 35.4 Å². The van der Waals surface area contributed by atoms with Crippen molar-refractivity contribution in [3.05, 3.63) is 34.7 Å². The van der Waals surface area contributed by atoms with E-state index in [0.717, 1.165) is 35.5 Å². The van der Waals surface area contributed by atoms with Crippen LogP contribution in [0.4, 0.5) is 5.69 Å². The van der Waals surface area contributed by atoms with Gasteiger partial charge in [0.1, 0.15) is 6.04 Å². The number of esters is 1. The molecule has 4 aliphatic carbocycles. The van der Waals surface area contributed by atoms with Gasteiger partial charge in [-0.15, -0.1) is 11.3 Å². The molecule has 8 heteroatoms. The molecule has 2 aromatic rings. The maximum absolute atomic E-state index is 13.4. The molecule has 0 unspecified atom stereocenters. The molecule has 4 bridgehead atoms. The Morgan fingerprint density at radius 1 is 1.11 bits per heavy atom. The van der Waals surface area contributed by atoms with Crippen LogP contribution in [0, 0.1) is 36.0 Å². The number of hydrogen-bond acceptors (Lipinski definition) is 6. The highest BCUT2D eigenvalue weighted by Gasteiger charge is 2.55. The number of carbonyl (C=O) groups is 3. The number of aromatic nitrogens is 1. The maximum Gasteiger partial charge on any atom is 0.329 e. The summed E-state index contributed by atoms with van der Waals surface area (Å²) in [6.07, 6.45) is 6.57. The van der Waals surface area contributed by atoms with Crippen molar-refractivity contribution in [3.8, 4) is 11.3 Å². The van der Waals surface area contributed by atoms with Crippen LogP contribution in [0.5, 0.6) is 0 Å². The smallest absolute Gasteiger partial charge is 0.329 e. The molecule has 36 heavy (non-hydrogen) atoms. The number of ether oxygens (including phenoxy) is 1. The second kappa shape index (κ2) is 9.96. The molecule has 4 fully saturated rings. The van der Waals surface area contributed by atoms with E-state index in [-0.39, 0.29) is 17.2 Å². The molecule has 1 aromatic heterocycles. The summed E-state index contributed by atoms with van der Waals surface area (Å²) in [5.41, 5.74) is 2.03. The maximum atomic E-state index is 13.4. The van der Waals surface area contributed by atoms with Crippen molar-refractivity contribution < 1.29 is 19.1 Å². The van der Waals surface area contributed by atoms with Gasteiger partial charge in [-0.3, -0.25) is 9.59 Å². The molecule has 4 saturated carbocycles. The highest BCUT2D eigenvalue weighted by molar-refractivity contribution is 7.09. The molecule has 0 saturated heterocycles. The van der Waals surface area contributed by atoms with Gasteiger partial charge in [0, 0.05) is 22.0 Å². The first-order chi connectivity index (χ1) is 17.2. The molecule has 1 aromatic carbocycles. The second-order valence-electron chi connectivity index (χ2n) is 11.4. The van der Waals surface area contributed by atoms with Crippen molar-refractivity contribution in [2.75, 3.05) is 11.9 Å². The van der Waals surface area contributed by atoms with Gasteiger partial charge in [0.25, 0.3) is 5.91 Å². The lowest BCUT2D eigenvalue weighted by Gasteiger charge is -2.55. The van der Waals surface area contributed by atoms with Crippen molar-refractivity contribution in [1.82, 2.24) is 10.3 Å². The summed E-state index contributed by atoms with van der Waals surface area (Å²) >= 11 is 1.57. The van der Waals surface area contributed by atoms with Gasteiger partial charge >= 0.3 is 5.97 Å². The van der Waals surface area contributed by atoms with Gasteiger partial charge in [-0.05, 0) is 81.3 Å². The van der Waals surface area contributed by atoms with Gasteiger partial charge in [-0.25, -0.2) is 9.78 Å². The predicted octanol–water partition coefficient (Wildman–Crippen LogP) is 4.96. The molecule has 2 N–H and O–H groups in total. The molecule has 1 atom stereocenters. The van der Waals surface area contributed by atoms with Gasteiger partial charge in [0.05, 0.1) is 10.7 Å². The average molecular weight is 510 g/mol. The minimum Gasteiger partial charge on any atom is -0.454 e. The van der Waals surface area contributed by atoms with Crippen LogP contribution in [-0.2, 0) is 19.1 Å². The van der Waals surface area contributed by atoms with Crippen LogP contribution in [0.1, 0.15) is 57.4 Å². The monoisotopic (exact) mass is 509 g/mol. The number of nitrogens with one attached hydrogen (secondary N) is 2. The average Bonchev–Trinajstić information content (AvgIpc) is 3.26. The topological polar surface area (TPSA) is 97.4 Å². The van der Waals surface area contributed by atoms with Gasteiger partial charge in [0.2, 0.25) is 5.91 Å². The molecule has 0 radical (unpaired) electrons. The molecule has 0 aliphatic heterocycles. The Kier molecular flexibility index (Phi) is 6.90. The van der Waals surface area contributed by atoms with Crippen molar-refractivity contribution in [1.29, 1.82) is 0 Å². The Hall–Kier alpha value is -2.74. The third kappa shape index (κ3) is 5.19. The summed E-state index contributed by atoms with van der Waals surface area (Å²) in [6, 6.07) is 6.64. The normalized spacial score (nSPS) is 27.1. The first-order valence-electron chi connectivity index (χ1n) is 13.0. The standard InChI is InChI=1S/C28H35N3O4S/c1-16(2)25(31-27(34)28-11-18-7-19(12-28)9-20(8-18)13-28)26(33)35-14-24(32)30-22-6-4-5-21(10-22)23-15-36-17(3)29-23/h4-6,10,15-16,18-20,25H,7-9,11-14H2,1-3H3,(H,30,32)(H,31,34)/t18?,19?,20?,25-,28?/m1/s1. The Bertz CT molecular complexity index is 1120. The first kappa shape index (κ1) is 24.9. The highest BCUT2D eigenvalue weighted by Crippen LogP contribution is 2.60. The number of hydrogen-bond donors (Lipinski definition) is 2. The molecule has 7 nitrogen and oxygen atoms in total. The quantitative estimate of drug-likeness (QED) is 0.491. The summed E-state index contributed by atoms with van der Waals surface area (Å²) in [7, 11) is 0. The first-order valence-corrected chi connectivity index (χ1v) is 13.9. The van der Waals surface area contributed by atoms with Crippen LogP contribution in [0.25, 0.3) is 11.3 Å². The zero-order chi connectivity index (χ0) is 25.4. The third-order valence-corrected chi connectivity index (χ3v) is 8.91. The number of anilines is 1. The van der Waals surface area contributed by atoms with Crippen molar-refractivity contribution in [3.63, 3.8) is 0 Å². The lowest BCUT2D eigenvalue weighted by molar-refractivity contribution is -0.156. The van der Waals surface area contributed by atoms with E-state index in [1.165, 1.54) is 19.3 Å². The van der Waals surface area contributed by atoms with E-state index in [1.54, 1.807) is 17.4 Å². The van der Waals surface area contributed by atoms with Crippen LogP contribution in [0.3, 0.4) is 0 Å². The molecule has 192 valence electrons. The van der Waals surface area contributed by atoms with Crippen LogP contribution < -0.4 is 10.6 Å². The van der Waals surface area contributed by atoms with E-state index in [0.29, 0.717) is 23.4 Å². The number of thiazole rings is 1. The van der Waals surface area contributed by atoms with E-state index in [9.17, 15) is 14.4 Å². The number of aryl methyl sites for hydroxylation is 1. The van der Waals surface area contributed by atoms with Gasteiger partial charge in [-0.2, -0.15) is 0 Å². The zero-order valence-corrected chi connectivity index (χ0v) is 22.0. The van der Waals surface area contributed by atoms with Gasteiger partial charge < -0.3 is 15.4 Å². The van der Waals surface area contributed by atoms with Crippen molar-refractivity contribution in [2.45, 2.75) is 65.3 Å². The highest BCUT2D eigenvalue weighted by atomic mass is 32.1. The van der Waals surface area contributed by atoms with Crippen molar-refractivity contribution in [2.24, 2.45) is 29.1 Å². The Balaban J connectivity index is 1.16.